The highest BCUT2D eigenvalue weighted by molar-refractivity contribution is 6.12. The Morgan fingerprint density at radius 2 is 1.86 bits per heavy atom. The Kier molecular flexibility index (Phi) is 4.50. The maximum Gasteiger partial charge on any atom is 0.259 e. The quantitative estimate of drug-likeness (QED) is 0.672. The van der Waals surface area contributed by atoms with Gasteiger partial charge in [0.15, 0.2) is 5.78 Å². The summed E-state index contributed by atoms with van der Waals surface area (Å²) in [6.07, 6.45) is 0.332. The molecule has 1 aromatic heterocycles. The van der Waals surface area contributed by atoms with E-state index in [-0.39, 0.29) is 17.6 Å². The van der Waals surface area contributed by atoms with E-state index in [1.54, 1.807) is 61.1 Å². The summed E-state index contributed by atoms with van der Waals surface area (Å²) in [5.41, 5.74) is 4.96. The minimum Gasteiger partial charge on any atom is -0.326 e. The molecule has 2 amide bonds. The lowest BCUT2D eigenvalue weighted by molar-refractivity contribution is -0.115. The molecule has 146 valence electrons. The zero-order chi connectivity index (χ0) is 20.7. The molecule has 3 aromatic rings. The summed E-state index contributed by atoms with van der Waals surface area (Å²) in [4.78, 5) is 37.1. The van der Waals surface area contributed by atoms with Crippen molar-refractivity contribution < 1.29 is 14.4 Å². The largest absolute Gasteiger partial charge is 0.326 e. The second-order valence-electron chi connectivity index (χ2n) is 7.13. The van der Waals surface area contributed by atoms with E-state index >= 15 is 0 Å². The molecule has 4 rings (SSSR count). The standard InChI is InChI=1S/C22H20N4O3/c1-12-20(13(2)26(3)25-12)22(29)23-17-6-4-5-15(9-17)21(28)16-8-7-14-11-19(27)24-18(14)10-16/h4-10H,11H2,1-3H3,(H,23,29)(H,24,27). The smallest absolute Gasteiger partial charge is 0.259 e. The van der Waals surface area contributed by atoms with Crippen LogP contribution < -0.4 is 10.6 Å². The first-order chi connectivity index (χ1) is 13.8. The molecule has 0 unspecified atom stereocenters. The van der Waals surface area contributed by atoms with E-state index in [2.05, 4.69) is 15.7 Å². The van der Waals surface area contributed by atoms with Crippen molar-refractivity contribution in [3.8, 4) is 0 Å². The van der Waals surface area contributed by atoms with Crippen molar-refractivity contribution in [3.05, 3.63) is 76.1 Å². The van der Waals surface area contributed by atoms with Gasteiger partial charge < -0.3 is 10.6 Å². The number of aromatic nitrogens is 2. The summed E-state index contributed by atoms with van der Waals surface area (Å²) in [7, 11) is 1.79. The summed E-state index contributed by atoms with van der Waals surface area (Å²) in [5.74, 6) is -0.521. The van der Waals surface area contributed by atoms with Crippen molar-refractivity contribution in [3.63, 3.8) is 0 Å². The van der Waals surface area contributed by atoms with E-state index in [0.717, 1.165) is 11.3 Å². The normalized spacial score (nSPS) is 12.4. The Labute approximate surface area is 167 Å². The third kappa shape index (κ3) is 3.42. The van der Waals surface area contributed by atoms with Crippen LogP contribution in [-0.2, 0) is 18.3 Å². The monoisotopic (exact) mass is 388 g/mol. The van der Waals surface area contributed by atoms with Crippen LogP contribution >= 0.6 is 0 Å². The average Bonchev–Trinajstić information content (AvgIpc) is 3.18. The minimum atomic E-state index is -0.266. The summed E-state index contributed by atoms with van der Waals surface area (Å²) in [6.45, 7) is 3.62. The Hall–Kier alpha value is -3.74. The number of ketones is 1. The summed E-state index contributed by atoms with van der Waals surface area (Å²) in [6, 6.07) is 12.0. The topological polar surface area (TPSA) is 93.1 Å². The average molecular weight is 388 g/mol. The third-order valence-corrected chi connectivity index (χ3v) is 5.12. The van der Waals surface area contributed by atoms with E-state index < -0.39 is 0 Å². The van der Waals surface area contributed by atoms with Gasteiger partial charge >= 0.3 is 0 Å². The molecule has 2 heterocycles. The Morgan fingerprint density at radius 3 is 2.59 bits per heavy atom. The highest BCUT2D eigenvalue weighted by atomic mass is 16.2. The van der Waals surface area contributed by atoms with Crippen LogP contribution in [0.3, 0.4) is 0 Å². The molecule has 7 heteroatoms. The van der Waals surface area contributed by atoms with Crippen LogP contribution in [0.1, 0.15) is 43.2 Å². The number of amides is 2. The zero-order valence-electron chi connectivity index (χ0n) is 16.4. The summed E-state index contributed by atoms with van der Waals surface area (Å²) < 4.78 is 1.66. The number of hydrogen-bond acceptors (Lipinski definition) is 4. The molecular weight excluding hydrogens is 368 g/mol. The zero-order valence-corrected chi connectivity index (χ0v) is 16.4. The highest BCUT2D eigenvalue weighted by Gasteiger charge is 2.21. The third-order valence-electron chi connectivity index (χ3n) is 5.12. The molecule has 0 atom stereocenters. The molecule has 2 aromatic carbocycles. The van der Waals surface area contributed by atoms with Gasteiger partial charge in [-0.25, -0.2) is 0 Å². The van der Waals surface area contributed by atoms with Gasteiger partial charge in [-0.3, -0.25) is 19.1 Å². The van der Waals surface area contributed by atoms with Gasteiger partial charge in [0.2, 0.25) is 5.91 Å². The van der Waals surface area contributed by atoms with E-state index in [1.165, 1.54) is 0 Å². The van der Waals surface area contributed by atoms with Crippen LogP contribution in [-0.4, -0.2) is 27.4 Å². The number of nitrogens with zero attached hydrogens (tertiary/aromatic N) is 2. The first kappa shape index (κ1) is 18.6. The van der Waals surface area contributed by atoms with Gasteiger partial charge in [-0.2, -0.15) is 5.10 Å². The molecule has 0 bridgehead atoms. The molecule has 0 fully saturated rings. The predicted octanol–water partition coefficient (Wildman–Crippen LogP) is 3.01. The molecule has 0 saturated heterocycles. The maximum absolute atomic E-state index is 12.9. The van der Waals surface area contributed by atoms with Gasteiger partial charge in [-0.15, -0.1) is 0 Å². The second kappa shape index (κ2) is 7.01. The van der Waals surface area contributed by atoms with Gasteiger partial charge in [0.1, 0.15) is 0 Å². The Morgan fingerprint density at radius 1 is 1.10 bits per heavy atom. The number of carbonyl (C=O) groups is 3. The maximum atomic E-state index is 12.9. The van der Waals surface area contributed by atoms with Gasteiger partial charge in [-0.05, 0) is 37.6 Å². The number of nitrogens with one attached hydrogen (secondary N) is 2. The van der Waals surface area contributed by atoms with Crippen LogP contribution in [0.15, 0.2) is 42.5 Å². The van der Waals surface area contributed by atoms with Crippen molar-refractivity contribution in [1.29, 1.82) is 0 Å². The van der Waals surface area contributed by atoms with Crippen LogP contribution in [0, 0.1) is 13.8 Å². The fourth-order valence-electron chi connectivity index (χ4n) is 3.56. The van der Waals surface area contributed by atoms with Crippen molar-refractivity contribution in [2.24, 2.45) is 7.05 Å². The number of hydrogen-bond donors (Lipinski definition) is 2. The van der Waals surface area contributed by atoms with Gasteiger partial charge in [0.25, 0.3) is 5.91 Å². The first-order valence-electron chi connectivity index (χ1n) is 9.22. The lowest BCUT2D eigenvalue weighted by atomic mass is 10.0. The molecule has 0 aliphatic carbocycles. The number of fused-ring (bicyclic) bond motifs is 1. The number of rotatable bonds is 4. The van der Waals surface area contributed by atoms with Crippen LogP contribution in [0.25, 0.3) is 0 Å². The highest BCUT2D eigenvalue weighted by Crippen LogP contribution is 2.26. The van der Waals surface area contributed by atoms with Crippen molar-refractivity contribution in [2.75, 3.05) is 10.6 Å². The molecule has 1 aliphatic rings. The molecule has 29 heavy (non-hydrogen) atoms. The van der Waals surface area contributed by atoms with E-state index in [9.17, 15) is 14.4 Å². The first-order valence-corrected chi connectivity index (χ1v) is 9.22. The lowest BCUT2D eigenvalue weighted by Crippen LogP contribution is -2.14. The van der Waals surface area contributed by atoms with Gasteiger partial charge in [0, 0.05) is 35.2 Å². The molecule has 2 N–H and O–H groups in total. The van der Waals surface area contributed by atoms with Gasteiger partial charge in [0.05, 0.1) is 17.7 Å². The SMILES string of the molecule is Cc1nn(C)c(C)c1C(=O)Nc1cccc(C(=O)c2ccc3c(c2)NC(=O)C3)c1. The van der Waals surface area contributed by atoms with Crippen molar-refractivity contribution >= 4 is 29.0 Å². The number of aryl methyl sites for hydroxylation is 2. The van der Waals surface area contributed by atoms with E-state index in [1.807, 2.05) is 6.92 Å². The summed E-state index contributed by atoms with van der Waals surface area (Å²) in [5, 5.41) is 9.87. The summed E-state index contributed by atoms with van der Waals surface area (Å²) >= 11 is 0. The number of carbonyl (C=O) groups excluding carboxylic acids is 3. The molecule has 7 nitrogen and oxygen atoms in total. The van der Waals surface area contributed by atoms with Crippen LogP contribution in [0.4, 0.5) is 11.4 Å². The lowest BCUT2D eigenvalue weighted by Gasteiger charge is -2.08. The fraction of sp³-hybridized carbons (Fsp3) is 0.182. The number of benzene rings is 2. The molecule has 0 spiro atoms. The Bertz CT molecular complexity index is 1180. The second-order valence-corrected chi connectivity index (χ2v) is 7.13. The molecule has 0 saturated carbocycles. The molecule has 1 aliphatic heterocycles. The van der Waals surface area contributed by atoms with Crippen LogP contribution in [0.5, 0.6) is 0 Å². The fourth-order valence-corrected chi connectivity index (χ4v) is 3.56. The van der Waals surface area contributed by atoms with Gasteiger partial charge in [-0.1, -0.05) is 24.3 Å². The minimum absolute atomic E-state index is 0.0738. The van der Waals surface area contributed by atoms with E-state index in [0.29, 0.717) is 40.2 Å². The van der Waals surface area contributed by atoms with E-state index in [4.69, 9.17) is 0 Å². The Balaban J connectivity index is 1.57. The molecule has 0 radical (unpaired) electrons. The number of anilines is 2. The predicted molar refractivity (Wildman–Crippen MR) is 109 cm³/mol. The molecular formula is C22H20N4O3. The van der Waals surface area contributed by atoms with Crippen molar-refractivity contribution in [2.45, 2.75) is 20.3 Å². The van der Waals surface area contributed by atoms with Crippen LogP contribution in [0.2, 0.25) is 0 Å². The van der Waals surface area contributed by atoms with Crippen molar-refractivity contribution in [1.82, 2.24) is 9.78 Å².